The molecule has 2 heterocycles. The van der Waals surface area contributed by atoms with Gasteiger partial charge in [0.1, 0.15) is 10.4 Å². The molecule has 2 aromatic rings. The predicted octanol–water partition coefficient (Wildman–Crippen LogP) is 1.94. The Labute approximate surface area is 135 Å². The van der Waals surface area contributed by atoms with E-state index in [9.17, 15) is 14.1 Å². The summed E-state index contributed by atoms with van der Waals surface area (Å²) >= 11 is 4.31. The molecule has 6 nitrogen and oxygen atoms in total. The molecule has 0 unspecified atom stereocenters. The smallest absolute Gasteiger partial charge is 0.260 e. The van der Waals surface area contributed by atoms with E-state index in [-0.39, 0.29) is 17.8 Å². The SMILES string of the molecule is CC(C)(CCC(=O)c1cc2cc(Cl)cnc2[nH]c1=O)[S@@+](N)[O-]. The van der Waals surface area contributed by atoms with Crippen LogP contribution in [-0.2, 0) is 11.4 Å². The Balaban J connectivity index is 2.28. The van der Waals surface area contributed by atoms with Crippen molar-refractivity contribution >= 4 is 39.8 Å². The predicted molar refractivity (Wildman–Crippen MR) is 87.3 cm³/mol. The number of carbonyl (C=O) groups is 1. The fourth-order valence-corrected chi connectivity index (χ4v) is 2.39. The van der Waals surface area contributed by atoms with E-state index in [1.807, 2.05) is 0 Å². The first-order valence-electron chi connectivity index (χ1n) is 6.59. The van der Waals surface area contributed by atoms with Crippen molar-refractivity contribution in [2.24, 2.45) is 5.14 Å². The monoisotopic (exact) mass is 341 g/mol. The van der Waals surface area contributed by atoms with Gasteiger partial charge < -0.3 is 9.54 Å². The van der Waals surface area contributed by atoms with Crippen molar-refractivity contribution in [1.29, 1.82) is 0 Å². The van der Waals surface area contributed by atoms with E-state index < -0.39 is 21.7 Å². The van der Waals surface area contributed by atoms with Gasteiger partial charge in [-0.1, -0.05) is 11.6 Å². The van der Waals surface area contributed by atoms with Crippen LogP contribution in [0.5, 0.6) is 0 Å². The standard InChI is InChI=1S/C14H16ClN3O3S/c1-14(2,22(16)21)4-3-11(19)10-6-8-5-9(15)7-17-12(8)18-13(10)20/h5-7H,3-4,16H2,1-2H3,(H,17,18,20)/t22-/m0/s1. The van der Waals surface area contributed by atoms with Gasteiger partial charge in [-0.25, -0.2) is 4.98 Å². The van der Waals surface area contributed by atoms with Crippen LogP contribution in [0.3, 0.4) is 0 Å². The van der Waals surface area contributed by atoms with Crippen molar-refractivity contribution < 1.29 is 9.35 Å². The summed E-state index contributed by atoms with van der Waals surface area (Å²) in [5.41, 5.74) is -0.0940. The first kappa shape index (κ1) is 17.0. The summed E-state index contributed by atoms with van der Waals surface area (Å²) < 4.78 is 10.7. The van der Waals surface area contributed by atoms with E-state index in [0.717, 1.165) is 0 Å². The number of aromatic amines is 1. The number of ketones is 1. The summed E-state index contributed by atoms with van der Waals surface area (Å²) in [5, 5.41) is 6.38. The van der Waals surface area contributed by atoms with Crippen molar-refractivity contribution in [3.8, 4) is 0 Å². The van der Waals surface area contributed by atoms with Gasteiger partial charge in [-0.15, -0.1) is 0 Å². The molecule has 1 atom stereocenters. The van der Waals surface area contributed by atoms with Crippen molar-refractivity contribution in [3.05, 3.63) is 39.3 Å². The first-order valence-corrected chi connectivity index (χ1v) is 8.18. The molecule has 0 aromatic carbocycles. The van der Waals surface area contributed by atoms with E-state index in [1.165, 1.54) is 12.3 Å². The zero-order valence-corrected chi connectivity index (χ0v) is 13.8. The lowest BCUT2D eigenvalue weighted by Crippen LogP contribution is -2.38. The molecule has 0 radical (unpaired) electrons. The molecule has 0 fully saturated rings. The van der Waals surface area contributed by atoms with Crippen LogP contribution < -0.4 is 10.7 Å². The summed E-state index contributed by atoms with van der Waals surface area (Å²) in [7, 11) is 0. The number of nitrogens with one attached hydrogen (secondary N) is 1. The van der Waals surface area contributed by atoms with Gasteiger partial charge in [0.15, 0.2) is 5.78 Å². The molecule has 0 bridgehead atoms. The first-order chi connectivity index (χ1) is 10.2. The zero-order valence-electron chi connectivity index (χ0n) is 12.2. The maximum absolute atomic E-state index is 12.3. The molecule has 0 spiro atoms. The number of hydrogen-bond acceptors (Lipinski definition) is 5. The highest BCUT2D eigenvalue weighted by atomic mass is 35.5. The molecule has 22 heavy (non-hydrogen) atoms. The van der Waals surface area contributed by atoms with Crippen LogP contribution in [-0.4, -0.2) is 25.1 Å². The van der Waals surface area contributed by atoms with Gasteiger partial charge in [0, 0.05) is 35.8 Å². The number of aromatic nitrogens is 2. The number of halogens is 1. The Hall–Kier alpha value is -1.41. The van der Waals surface area contributed by atoms with Gasteiger partial charge in [0.2, 0.25) is 0 Å². The number of hydrogen-bond donors (Lipinski definition) is 2. The number of nitrogens with zero attached hydrogens (tertiary/aromatic N) is 1. The van der Waals surface area contributed by atoms with Gasteiger partial charge in [-0.3, -0.25) is 9.59 Å². The molecule has 0 aliphatic carbocycles. The molecule has 8 heteroatoms. The molecular weight excluding hydrogens is 326 g/mol. The molecule has 0 aliphatic rings. The minimum atomic E-state index is -1.55. The Morgan fingerprint density at radius 1 is 1.50 bits per heavy atom. The summed E-state index contributed by atoms with van der Waals surface area (Å²) in [6, 6.07) is 3.09. The lowest BCUT2D eigenvalue weighted by atomic mass is 10.0. The topological polar surface area (TPSA) is 112 Å². The highest BCUT2D eigenvalue weighted by molar-refractivity contribution is 7.90. The average molecular weight is 342 g/mol. The van der Waals surface area contributed by atoms with Crippen molar-refractivity contribution in [3.63, 3.8) is 0 Å². The minimum Gasteiger partial charge on any atom is -0.598 e. The van der Waals surface area contributed by atoms with E-state index >= 15 is 0 Å². The Kier molecular flexibility index (Phi) is 4.91. The van der Waals surface area contributed by atoms with Gasteiger partial charge in [-0.2, -0.15) is 5.14 Å². The summed E-state index contributed by atoms with van der Waals surface area (Å²) in [5.74, 6) is -0.332. The van der Waals surface area contributed by atoms with Gasteiger partial charge in [0.05, 0.1) is 10.6 Å². The highest BCUT2D eigenvalue weighted by Gasteiger charge is 2.30. The molecule has 2 aromatic heterocycles. The number of fused-ring (bicyclic) bond motifs is 1. The second kappa shape index (κ2) is 6.37. The zero-order chi connectivity index (χ0) is 16.5. The maximum Gasteiger partial charge on any atom is 0.260 e. The number of rotatable bonds is 5. The second-order valence-electron chi connectivity index (χ2n) is 5.58. The summed E-state index contributed by atoms with van der Waals surface area (Å²) in [4.78, 5) is 30.8. The van der Waals surface area contributed by atoms with Gasteiger partial charge in [-0.05, 0) is 26.0 Å². The number of nitrogens with two attached hydrogens (primary N) is 1. The third-order valence-electron chi connectivity index (χ3n) is 3.46. The molecule has 0 aliphatic heterocycles. The number of Topliss-reactive ketones (excluding diaryl/α,β-unsaturated/α-hetero) is 1. The van der Waals surface area contributed by atoms with E-state index in [4.69, 9.17) is 16.7 Å². The lowest BCUT2D eigenvalue weighted by Gasteiger charge is -2.23. The van der Waals surface area contributed by atoms with Gasteiger partial charge >= 0.3 is 0 Å². The molecule has 3 N–H and O–H groups in total. The second-order valence-corrected chi connectivity index (χ2v) is 7.72. The lowest BCUT2D eigenvalue weighted by molar-refractivity contribution is 0.0975. The van der Waals surface area contributed by atoms with E-state index in [1.54, 1.807) is 19.9 Å². The van der Waals surface area contributed by atoms with Crippen molar-refractivity contribution in [1.82, 2.24) is 9.97 Å². The molecule has 0 saturated carbocycles. The molecule has 118 valence electrons. The van der Waals surface area contributed by atoms with Crippen LogP contribution in [0.4, 0.5) is 0 Å². The Morgan fingerprint density at radius 2 is 2.18 bits per heavy atom. The molecular formula is C14H16ClN3O3S. The van der Waals surface area contributed by atoms with Gasteiger partial charge in [0.25, 0.3) is 5.56 Å². The van der Waals surface area contributed by atoms with Crippen molar-refractivity contribution in [2.75, 3.05) is 0 Å². The van der Waals surface area contributed by atoms with Crippen LogP contribution in [0.2, 0.25) is 5.02 Å². The minimum absolute atomic E-state index is 0.0372. The van der Waals surface area contributed by atoms with Crippen LogP contribution in [0.1, 0.15) is 37.0 Å². The summed E-state index contributed by atoms with van der Waals surface area (Å²) in [6.07, 6.45) is 1.82. The molecule has 2 rings (SSSR count). The van der Waals surface area contributed by atoms with Crippen molar-refractivity contribution in [2.45, 2.75) is 31.4 Å². The molecule has 0 amide bonds. The summed E-state index contributed by atoms with van der Waals surface area (Å²) in [6.45, 7) is 3.43. The molecule has 0 saturated heterocycles. The quantitative estimate of drug-likeness (QED) is 0.637. The number of pyridine rings is 2. The van der Waals surface area contributed by atoms with Crippen LogP contribution in [0, 0.1) is 0 Å². The maximum atomic E-state index is 12.3. The largest absolute Gasteiger partial charge is 0.598 e. The number of carbonyl (C=O) groups excluding carboxylic acids is 1. The fraction of sp³-hybridized carbons (Fsp3) is 0.357. The number of H-pyrrole nitrogens is 1. The Morgan fingerprint density at radius 3 is 2.82 bits per heavy atom. The van der Waals surface area contributed by atoms with Crippen LogP contribution in [0.25, 0.3) is 11.0 Å². The highest BCUT2D eigenvalue weighted by Crippen LogP contribution is 2.21. The van der Waals surface area contributed by atoms with E-state index in [2.05, 4.69) is 9.97 Å². The van der Waals surface area contributed by atoms with Crippen LogP contribution >= 0.6 is 11.6 Å². The fourth-order valence-electron chi connectivity index (χ4n) is 1.92. The third-order valence-corrected chi connectivity index (χ3v) is 4.96. The van der Waals surface area contributed by atoms with E-state index in [0.29, 0.717) is 22.5 Å². The average Bonchev–Trinajstić information content (AvgIpc) is 2.44. The normalized spacial score (nSPS) is 13.3. The van der Waals surface area contributed by atoms with Crippen LogP contribution in [0.15, 0.2) is 23.1 Å². The Bertz CT molecular complexity index is 774. The third kappa shape index (κ3) is 3.67.